The second kappa shape index (κ2) is 15.6. The van der Waals surface area contributed by atoms with Crippen LogP contribution < -0.4 is 34.6 Å². The second-order valence-corrected chi connectivity index (χ2v) is 0.671. The molecule has 0 amide bonds. The Bertz CT molecular complexity index is 35.9. The molecule has 0 rings (SSSR count). The van der Waals surface area contributed by atoms with Crippen molar-refractivity contribution in [3.63, 3.8) is 0 Å². The zero-order valence-electron chi connectivity index (χ0n) is 2.93. The summed E-state index contributed by atoms with van der Waals surface area (Å²) in [5, 5.41) is 0. The Labute approximate surface area is 73.4 Å². The van der Waals surface area contributed by atoms with Crippen molar-refractivity contribution in [2.24, 2.45) is 0 Å². The van der Waals surface area contributed by atoms with Crippen molar-refractivity contribution in [2.75, 3.05) is 0 Å². The smallest absolute Gasteiger partial charge is 1.00 e. The van der Waals surface area contributed by atoms with Gasteiger partial charge in [-0.2, -0.15) is 0 Å². The predicted octanol–water partition coefficient (Wildman–Crippen LogP) is -7.63. The van der Waals surface area contributed by atoms with Crippen LogP contribution in [0.2, 0.25) is 0 Å². The summed E-state index contributed by atoms with van der Waals surface area (Å²) in [5.74, 6) is 0. The van der Waals surface area contributed by atoms with Crippen LogP contribution in [0, 0.1) is 0 Å². The summed E-state index contributed by atoms with van der Waals surface area (Å²) in [6.07, 6.45) is 0. The molecule has 40 valence electrons. The summed E-state index contributed by atoms with van der Waals surface area (Å²) in [5.41, 5.74) is 0. The molecule has 0 aliphatic carbocycles. The summed E-state index contributed by atoms with van der Waals surface area (Å²) in [6.45, 7) is 0. The fourth-order valence-corrected chi connectivity index (χ4v) is 0. The Balaban J connectivity index is -0.0000000150. The van der Waals surface area contributed by atoms with E-state index in [9.17, 15) is 0 Å². The molecule has 0 saturated heterocycles. The average Bonchev–Trinajstić information content (AvgIpc) is 0.811. The van der Waals surface area contributed by atoms with Crippen molar-refractivity contribution in [3.05, 3.63) is 0 Å². The van der Waals surface area contributed by atoms with Gasteiger partial charge in [0.25, 0.3) is 8.25 Å². The van der Waals surface area contributed by atoms with E-state index in [-0.39, 0.29) is 51.0 Å². The molecule has 7 heteroatoms. The zero-order chi connectivity index (χ0) is 3.58. The largest absolute Gasteiger partial charge is 4.00 e. The van der Waals surface area contributed by atoms with Crippen LogP contribution in [0.5, 0.6) is 0 Å². The summed E-state index contributed by atoms with van der Waals surface area (Å²) in [4.78, 5) is 17.0. The third kappa shape index (κ3) is 102. The van der Waals surface area contributed by atoms with Gasteiger partial charge in [0.1, 0.15) is 0 Å². The van der Waals surface area contributed by atoms with Crippen LogP contribution in [0.1, 0.15) is 0 Å². The van der Waals surface area contributed by atoms with E-state index < -0.39 is 8.25 Å². The van der Waals surface area contributed by atoms with E-state index >= 15 is 0 Å². The number of halogens is 2. The summed E-state index contributed by atoms with van der Waals surface area (Å²) in [7, 11) is -3.37. The fraction of sp³-hybridized carbons (Fsp3) is 0. The minimum atomic E-state index is -3.37. The normalized spacial score (nSPS) is 3.71. The first-order valence-corrected chi connectivity index (χ1v) is 1.64. The Morgan fingerprint density at radius 2 is 1.14 bits per heavy atom. The molecule has 7 heavy (non-hydrogen) atoms. The van der Waals surface area contributed by atoms with E-state index in [2.05, 4.69) is 0 Å². The third-order valence-electron chi connectivity index (χ3n) is 0. The van der Waals surface area contributed by atoms with Gasteiger partial charge in [-0.15, -0.1) is 0 Å². The molecule has 3 nitrogen and oxygen atoms in total. The van der Waals surface area contributed by atoms with Crippen LogP contribution in [0.25, 0.3) is 0 Å². The fourth-order valence-electron chi connectivity index (χ4n) is 0. The van der Waals surface area contributed by atoms with Crippen molar-refractivity contribution in [2.45, 2.75) is 0 Å². The van der Waals surface area contributed by atoms with Gasteiger partial charge in [-0.1, -0.05) is 4.57 Å². The van der Waals surface area contributed by atoms with E-state index in [4.69, 9.17) is 14.4 Å². The van der Waals surface area contributed by atoms with Crippen molar-refractivity contribution in [3.8, 4) is 0 Å². The third-order valence-corrected chi connectivity index (χ3v) is 0. The molecule has 0 saturated carbocycles. The second-order valence-electron chi connectivity index (χ2n) is 0.224. The van der Waals surface area contributed by atoms with Crippen LogP contribution in [-0.2, 0) is 30.8 Å². The Hall–Kier alpha value is 1.48. The minimum absolute atomic E-state index is 0. The molecule has 0 atom stereocenters. The molecule has 0 aliphatic heterocycles. The average molecular weight is 241 g/mol. The van der Waals surface area contributed by atoms with Gasteiger partial charge in [0.2, 0.25) is 0 Å². The number of rotatable bonds is 0. The van der Waals surface area contributed by atoms with E-state index in [1.165, 1.54) is 0 Å². The molecule has 0 fully saturated rings. The first kappa shape index (κ1) is 23.6. The van der Waals surface area contributed by atoms with Crippen LogP contribution in [-0.4, -0.2) is 0 Å². The summed E-state index contributed by atoms with van der Waals surface area (Å²) < 4.78 is 8.48. The van der Waals surface area contributed by atoms with Crippen LogP contribution >= 0.6 is 8.25 Å². The predicted molar refractivity (Wildman–Crippen MR) is 7.61 cm³/mol. The van der Waals surface area contributed by atoms with Gasteiger partial charge in [0, 0.05) is 0 Å². The van der Waals surface area contributed by atoms with E-state index in [1.807, 2.05) is 0 Å². The molecule has 0 aromatic rings. The van der Waals surface area contributed by atoms with Crippen LogP contribution in [0.4, 0.5) is 0 Å². The molecule has 0 N–H and O–H groups in total. The number of hydrogen-bond acceptors (Lipinski definition) is 3. The minimum Gasteiger partial charge on any atom is -1.00 e. The van der Waals surface area contributed by atoms with Gasteiger partial charge in [-0.3, -0.25) is 0 Å². The maximum Gasteiger partial charge on any atom is 4.00 e. The molecular weight excluding hydrogens is 241 g/mol. The maximum atomic E-state index is 8.48. The molecule has 0 aromatic carbocycles. The van der Waals surface area contributed by atoms with Crippen LogP contribution in [0.3, 0.4) is 0 Å². The van der Waals surface area contributed by atoms with Crippen molar-refractivity contribution < 1.29 is 65.4 Å². The molecule has 0 aromatic heterocycles. The molecule has 0 bridgehead atoms. The summed E-state index contributed by atoms with van der Waals surface area (Å²) in [6, 6.07) is 0. The first-order valence-electron chi connectivity index (χ1n) is 0.548. The van der Waals surface area contributed by atoms with Crippen molar-refractivity contribution in [1.29, 1.82) is 0 Å². The zero-order valence-corrected chi connectivity index (χ0v) is 7.79. The van der Waals surface area contributed by atoms with Gasteiger partial charge in [-0.05, 0) is 0 Å². The Kier molecular flexibility index (Phi) is 52.8. The molecule has 0 spiro atoms. The summed E-state index contributed by atoms with van der Waals surface area (Å²) >= 11 is 0. The topological polar surface area (TPSA) is 63.2 Å². The Morgan fingerprint density at radius 1 is 1.14 bits per heavy atom. The first-order chi connectivity index (χ1) is 1.73. The van der Waals surface area contributed by atoms with Gasteiger partial charge in [0.05, 0.1) is 0 Å². The quantitative estimate of drug-likeness (QED) is 0.396. The molecule has 0 radical (unpaired) electrons. The molecular formula is Cl2O3PZr+. The monoisotopic (exact) mass is 239 g/mol. The van der Waals surface area contributed by atoms with E-state index in [0.29, 0.717) is 0 Å². The molecule has 0 unspecified atom stereocenters. The van der Waals surface area contributed by atoms with Crippen LogP contribution in [0.15, 0.2) is 0 Å². The Morgan fingerprint density at radius 3 is 1.14 bits per heavy atom. The van der Waals surface area contributed by atoms with Crippen molar-refractivity contribution in [1.82, 2.24) is 0 Å². The van der Waals surface area contributed by atoms with Gasteiger partial charge in [-0.25, -0.2) is 0 Å². The molecule has 0 heterocycles. The standard InChI is InChI=1S/2ClH.HO3P.Zr/c;;1-4(2)3;/h2*1H;(H,1,2,3);/q;;;+4/p-3. The SMILES string of the molecule is O=[P+]([O-])[O-].[Cl-].[Cl-].[Zr+4]. The van der Waals surface area contributed by atoms with Gasteiger partial charge in [0.15, 0.2) is 0 Å². The van der Waals surface area contributed by atoms with E-state index in [0.717, 1.165) is 0 Å². The van der Waals surface area contributed by atoms with E-state index in [1.54, 1.807) is 0 Å². The molecule has 0 aliphatic rings. The van der Waals surface area contributed by atoms with Gasteiger partial charge >= 0.3 is 26.2 Å². The number of hydrogen-bond donors (Lipinski definition) is 0. The van der Waals surface area contributed by atoms with Crippen molar-refractivity contribution >= 4 is 8.25 Å². The maximum absolute atomic E-state index is 8.48. The van der Waals surface area contributed by atoms with Gasteiger partial charge < -0.3 is 34.6 Å².